The van der Waals surface area contributed by atoms with Crippen molar-refractivity contribution in [1.29, 1.82) is 0 Å². The van der Waals surface area contributed by atoms with Crippen molar-refractivity contribution in [2.24, 2.45) is 0 Å². The molecule has 0 bridgehead atoms. The van der Waals surface area contributed by atoms with Gasteiger partial charge in [-0.1, -0.05) is 34.9 Å². The standard InChI is InChI=1S/C13H12N.C12H11N2.C12H10N2.2U/c14-13-8-6-12(7-9-13)10-11-4-2-1-3-5-11;2*13-10-6-8-12(9-7-10)14-11-4-2-1-3-5-11;;/h2-9H,10,14H2;2-9,14H,13H2;2-6,8-9,14H,13H2;;/q2*-1;-2;2*+2. The maximum Gasteiger partial charge on any atom is 2.00 e. The summed E-state index contributed by atoms with van der Waals surface area (Å²) in [4.78, 5) is 0. The number of hydrogen-bond acceptors (Lipinski definition) is 5. The first-order chi connectivity index (χ1) is 20.5. The number of nitrogen functional groups attached to an aromatic ring is 3. The van der Waals surface area contributed by atoms with Gasteiger partial charge in [-0.25, -0.2) is 0 Å². The second-order valence-corrected chi connectivity index (χ2v) is 9.31. The molecule has 0 aliphatic carbocycles. The number of anilines is 7. The molecule has 0 amide bonds. The maximum atomic E-state index is 5.62. The third-order valence-electron chi connectivity index (χ3n) is 5.94. The Kier molecular flexibility index (Phi) is 17.0. The van der Waals surface area contributed by atoms with E-state index in [0.717, 1.165) is 40.5 Å². The van der Waals surface area contributed by atoms with Gasteiger partial charge in [-0.2, -0.15) is 84.4 Å². The summed E-state index contributed by atoms with van der Waals surface area (Å²) in [6, 6.07) is 56.4. The molecule has 0 radical (unpaired) electrons. The largest absolute Gasteiger partial charge is 2.00 e. The Bertz CT molecular complexity index is 1380. The SMILES string of the molecule is Nc1[c-]cc(Nc2cc[c-]cc2)cc1.Nc1ccc(Cc2cc[c-]cc2)cc1.Nc1ccc(Nc2cc[c-]cc2)cc1.[U+2].[U+2]. The Morgan fingerprint density at radius 1 is 0.432 bits per heavy atom. The van der Waals surface area contributed by atoms with Gasteiger partial charge in [0.15, 0.2) is 0 Å². The van der Waals surface area contributed by atoms with Crippen LogP contribution in [0.25, 0.3) is 0 Å². The molecule has 44 heavy (non-hydrogen) atoms. The molecule has 5 nitrogen and oxygen atoms in total. The summed E-state index contributed by atoms with van der Waals surface area (Å²) in [7, 11) is 0. The third-order valence-corrected chi connectivity index (χ3v) is 5.94. The topological polar surface area (TPSA) is 102 Å². The minimum Gasteiger partial charge on any atom is -0.429 e. The average Bonchev–Trinajstić information content (AvgIpc) is 3.03. The van der Waals surface area contributed by atoms with Crippen molar-refractivity contribution < 1.29 is 62.2 Å². The Morgan fingerprint density at radius 2 is 0.818 bits per heavy atom. The summed E-state index contributed by atoms with van der Waals surface area (Å²) >= 11 is 0. The van der Waals surface area contributed by atoms with Crippen molar-refractivity contribution in [3.63, 3.8) is 0 Å². The Hall–Kier alpha value is -3.58. The number of nitrogens with one attached hydrogen (secondary N) is 2. The molecule has 7 heteroatoms. The minimum absolute atomic E-state index is 0. The van der Waals surface area contributed by atoms with Crippen LogP contribution >= 0.6 is 0 Å². The van der Waals surface area contributed by atoms with Crippen LogP contribution in [0.3, 0.4) is 0 Å². The molecule has 0 saturated heterocycles. The normalized spacial score (nSPS) is 9.36. The fourth-order valence-corrected chi connectivity index (χ4v) is 3.77. The predicted molar refractivity (Wildman–Crippen MR) is 177 cm³/mol. The molecule has 0 fully saturated rings. The molecule has 6 rings (SSSR count). The van der Waals surface area contributed by atoms with Crippen LogP contribution < -0.4 is 27.8 Å². The molecular formula is C37H33N5U2. The van der Waals surface area contributed by atoms with Gasteiger partial charge in [0.2, 0.25) is 0 Å². The van der Waals surface area contributed by atoms with Gasteiger partial charge in [0.25, 0.3) is 0 Å². The second kappa shape index (κ2) is 20.4. The van der Waals surface area contributed by atoms with Crippen molar-refractivity contribution in [1.82, 2.24) is 0 Å². The number of benzene rings is 6. The molecule has 6 aromatic rings. The van der Waals surface area contributed by atoms with E-state index in [4.69, 9.17) is 17.2 Å². The van der Waals surface area contributed by atoms with E-state index in [1.54, 1.807) is 0 Å². The maximum absolute atomic E-state index is 5.62. The summed E-state index contributed by atoms with van der Waals surface area (Å²) < 4.78 is 0. The molecule has 0 aromatic heterocycles. The fourth-order valence-electron chi connectivity index (χ4n) is 3.77. The summed E-state index contributed by atoms with van der Waals surface area (Å²) in [5.74, 6) is 0. The van der Waals surface area contributed by atoms with E-state index in [9.17, 15) is 0 Å². The van der Waals surface area contributed by atoms with E-state index >= 15 is 0 Å². The van der Waals surface area contributed by atoms with Gasteiger partial charge in [0.05, 0.1) is 0 Å². The van der Waals surface area contributed by atoms with Crippen LogP contribution in [0.2, 0.25) is 0 Å². The summed E-state index contributed by atoms with van der Waals surface area (Å²) in [5.41, 5.74) is 25.6. The minimum atomic E-state index is 0. The third kappa shape index (κ3) is 13.8. The first kappa shape index (κ1) is 36.6. The van der Waals surface area contributed by atoms with Crippen LogP contribution in [0.1, 0.15) is 11.1 Å². The summed E-state index contributed by atoms with van der Waals surface area (Å²) in [6.45, 7) is 0. The van der Waals surface area contributed by atoms with Gasteiger partial charge in [0, 0.05) is 17.1 Å². The van der Waals surface area contributed by atoms with E-state index in [-0.39, 0.29) is 62.2 Å². The van der Waals surface area contributed by atoms with Gasteiger partial charge < -0.3 is 27.8 Å². The first-order valence-electron chi connectivity index (χ1n) is 13.4. The quantitative estimate of drug-likeness (QED) is 0.0859. The van der Waals surface area contributed by atoms with Crippen LogP contribution in [-0.2, 0) is 6.42 Å². The molecule has 0 atom stereocenters. The van der Waals surface area contributed by atoms with Crippen LogP contribution in [-0.4, -0.2) is 0 Å². The zero-order chi connectivity index (χ0) is 29.4. The van der Waals surface area contributed by atoms with Crippen LogP contribution in [0, 0.1) is 86.5 Å². The van der Waals surface area contributed by atoms with Crippen molar-refractivity contribution in [3.05, 3.63) is 175 Å². The number of hydrogen-bond donors (Lipinski definition) is 5. The zero-order valence-corrected chi connectivity index (χ0v) is 32.5. The van der Waals surface area contributed by atoms with Crippen LogP contribution in [0.15, 0.2) is 140 Å². The van der Waals surface area contributed by atoms with Gasteiger partial charge >= 0.3 is 62.2 Å². The number of rotatable bonds is 6. The molecule has 0 unspecified atom stereocenters. The van der Waals surface area contributed by atoms with Crippen LogP contribution in [0.4, 0.5) is 39.8 Å². The van der Waals surface area contributed by atoms with E-state index in [2.05, 4.69) is 59.2 Å². The van der Waals surface area contributed by atoms with Crippen LogP contribution in [0.5, 0.6) is 0 Å². The molecule has 214 valence electrons. The molecule has 8 N–H and O–H groups in total. The summed E-state index contributed by atoms with van der Waals surface area (Å²) in [5, 5.41) is 6.48. The molecule has 0 aliphatic rings. The van der Waals surface area contributed by atoms with Gasteiger partial charge in [-0.3, -0.25) is 0 Å². The van der Waals surface area contributed by atoms with E-state index < -0.39 is 0 Å². The molecular weight excluding hydrogens is 991 g/mol. The molecule has 0 aliphatic heterocycles. The van der Waals surface area contributed by atoms with Crippen molar-refractivity contribution in [3.8, 4) is 0 Å². The zero-order valence-electron chi connectivity index (χ0n) is 24.2. The average molecular weight is 1020 g/mol. The van der Waals surface area contributed by atoms with Gasteiger partial charge in [-0.05, 0) is 48.4 Å². The molecule has 0 heterocycles. The smallest absolute Gasteiger partial charge is 0.429 e. The summed E-state index contributed by atoms with van der Waals surface area (Å²) in [6.07, 6.45) is 0.953. The van der Waals surface area contributed by atoms with E-state index in [1.807, 2.05) is 115 Å². The Morgan fingerprint density at radius 3 is 1.30 bits per heavy atom. The van der Waals surface area contributed by atoms with E-state index in [1.165, 1.54) is 11.1 Å². The van der Waals surface area contributed by atoms with Crippen molar-refractivity contribution in [2.75, 3.05) is 27.8 Å². The first-order valence-corrected chi connectivity index (χ1v) is 13.4. The fraction of sp³-hybridized carbons (Fsp3) is 0.0270. The predicted octanol–water partition coefficient (Wildman–Crippen LogP) is 8.09. The van der Waals surface area contributed by atoms with Gasteiger partial charge in [0.1, 0.15) is 0 Å². The molecule has 0 spiro atoms. The van der Waals surface area contributed by atoms with E-state index in [0.29, 0.717) is 5.69 Å². The second-order valence-electron chi connectivity index (χ2n) is 9.31. The number of nitrogens with two attached hydrogens (primary N) is 3. The molecule has 0 saturated carbocycles. The van der Waals surface area contributed by atoms with Crippen molar-refractivity contribution >= 4 is 39.8 Å². The Labute approximate surface area is 308 Å². The molecule has 6 aromatic carbocycles. The van der Waals surface area contributed by atoms with Gasteiger partial charge in [-0.15, -0.1) is 36.4 Å². The Balaban J connectivity index is 0.000000225. The van der Waals surface area contributed by atoms with Crippen molar-refractivity contribution in [2.45, 2.75) is 6.42 Å². The monoisotopic (exact) mass is 1020 g/mol.